The Morgan fingerprint density at radius 3 is 2.67 bits per heavy atom. The van der Waals surface area contributed by atoms with Crippen LogP contribution in [0.1, 0.15) is 19.3 Å². The number of carbonyl (C=O) groups excluding carboxylic acids is 2. The average Bonchev–Trinajstić information content (AvgIpc) is 2.46. The van der Waals surface area contributed by atoms with E-state index in [0.29, 0.717) is 5.92 Å². The maximum atomic E-state index is 11.5. The van der Waals surface area contributed by atoms with Crippen molar-refractivity contribution in [3.8, 4) is 0 Å². The number of hydrogen-bond acceptors (Lipinski definition) is 2. The first-order chi connectivity index (χ1) is 5.65. The lowest BCUT2D eigenvalue weighted by Gasteiger charge is -2.46. The first kappa shape index (κ1) is 7.07. The molecular formula is C9H9ClO2. The van der Waals surface area contributed by atoms with Crippen molar-refractivity contribution in [3.05, 3.63) is 0 Å². The smallest absolute Gasteiger partial charge is 0.205 e. The molecule has 4 unspecified atom stereocenters. The SMILES string of the molecule is O=C1C(=O)C23CC1CC2C(Cl)C3. The summed E-state index contributed by atoms with van der Waals surface area (Å²) in [5, 5.41) is 0.159. The molecule has 1 spiro atoms. The van der Waals surface area contributed by atoms with Gasteiger partial charge in [0.2, 0.25) is 11.6 Å². The molecule has 0 aliphatic heterocycles. The van der Waals surface area contributed by atoms with Gasteiger partial charge in [0.15, 0.2) is 0 Å². The Morgan fingerprint density at radius 2 is 2.08 bits per heavy atom. The van der Waals surface area contributed by atoms with Crippen molar-refractivity contribution >= 4 is 23.2 Å². The maximum absolute atomic E-state index is 11.5. The lowest BCUT2D eigenvalue weighted by molar-refractivity contribution is -0.147. The number of fused-ring (bicyclic) bond motifs is 1. The topological polar surface area (TPSA) is 34.1 Å². The normalized spacial score (nSPS) is 55.6. The molecule has 0 amide bonds. The zero-order chi connectivity index (χ0) is 8.51. The van der Waals surface area contributed by atoms with Gasteiger partial charge in [0.05, 0.1) is 0 Å². The molecule has 3 saturated carbocycles. The third-order valence-corrected chi connectivity index (χ3v) is 4.36. The van der Waals surface area contributed by atoms with E-state index < -0.39 is 0 Å². The van der Waals surface area contributed by atoms with E-state index in [-0.39, 0.29) is 28.3 Å². The Labute approximate surface area is 75.3 Å². The lowest BCUT2D eigenvalue weighted by atomic mass is 9.59. The summed E-state index contributed by atoms with van der Waals surface area (Å²) in [6.45, 7) is 0. The summed E-state index contributed by atoms with van der Waals surface area (Å²) in [5.41, 5.74) is -0.270. The predicted molar refractivity (Wildman–Crippen MR) is 42.9 cm³/mol. The molecule has 4 atom stereocenters. The number of hydrogen-bond donors (Lipinski definition) is 0. The number of rotatable bonds is 0. The quantitative estimate of drug-likeness (QED) is 0.418. The summed E-state index contributed by atoms with van der Waals surface area (Å²) in [4.78, 5) is 22.8. The van der Waals surface area contributed by atoms with E-state index in [0.717, 1.165) is 19.3 Å². The molecule has 3 aliphatic carbocycles. The van der Waals surface area contributed by atoms with E-state index in [1.165, 1.54) is 0 Å². The largest absolute Gasteiger partial charge is 0.291 e. The van der Waals surface area contributed by atoms with Crippen LogP contribution in [0.4, 0.5) is 0 Å². The molecule has 2 nitrogen and oxygen atoms in total. The van der Waals surface area contributed by atoms with Crippen LogP contribution >= 0.6 is 11.6 Å². The van der Waals surface area contributed by atoms with Crippen molar-refractivity contribution in [2.24, 2.45) is 17.3 Å². The monoisotopic (exact) mass is 184 g/mol. The van der Waals surface area contributed by atoms with Crippen LogP contribution in [-0.2, 0) is 9.59 Å². The Kier molecular flexibility index (Phi) is 1.04. The van der Waals surface area contributed by atoms with Crippen molar-refractivity contribution in [3.63, 3.8) is 0 Å². The summed E-state index contributed by atoms with van der Waals surface area (Å²) >= 11 is 5.99. The molecule has 3 fully saturated rings. The molecule has 3 rings (SSSR count). The zero-order valence-corrected chi connectivity index (χ0v) is 7.30. The molecule has 64 valence electrons. The predicted octanol–water partition coefficient (Wildman–Crippen LogP) is 1.16. The van der Waals surface area contributed by atoms with Crippen molar-refractivity contribution in [2.75, 3.05) is 0 Å². The highest BCUT2D eigenvalue weighted by Crippen LogP contribution is 2.66. The van der Waals surface area contributed by atoms with E-state index in [1.807, 2.05) is 0 Å². The van der Waals surface area contributed by atoms with Gasteiger partial charge >= 0.3 is 0 Å². The molecule has 3 heteroatoms. The molecule has 12 heavy (non-hydrogen) atoms. The van der Waals surface area contributed by atoms with Gasteiger partial charge in [-0.25, -0.2) is 0 Å². The van der Waals surface area contributed by atoms with Gasteiger partial charge in [0, 0.05) is 16.7 Å². The zero-order valence-electron chi connectivity index (χ0n) is 6.55. The third-order valence-electron chi connectivity index (χ3n) is 3.90. The van der Waals surface area contributed by atoms with Crippen molar-refractivity contribution in [2.45, 2.75) is 24.6 Å². The Balaban J connectivity index is 2.06. The number of Topliss-reactive ketones (excluding diaryl/α,β-unsaturated/α-hetero) is 2. The summed E-state index contributed by atoms with van der Waals surface area (Å²) in [7, 11) is 0. The van der Waals surface area contributed by atoms with Gasteiger partial charge in [-0.15, -0.1) is 11.6 Å². The van der Waals surface area contributed by atoms with Gasteiger partial charge < -0.3 is 0 Å². The van der Waals surface area contributed by atoms with Crippen molar-refractivity contribution < 1.29 is 9.59 Å². The van der Waals surface area contributed by atoms with Gasteiger partial charge in [0.1, 0.15) is 0 Å². The minimum Gasteiger partial charge on any atom is -0.291 e. The fourth-order valence-electron chi connectivity index (χ4n) is 3.25. The molecule has 0 N–H and O–H groups in total. The number of alkyl halides is 1. The fourth-order valence-corrected chi connectivity index (χ4v) is 3.87. The second kappa shape index (κ2) is 1.77. The number of carbonyl (C=O) groups is 2. The standard InChI is InChI=1S/C9H9ClO2/c10-6-3-9-2-4(1-5(6)9)7(11)8(9)12/h4-6H,1-3H2. The van der Waals surface area contributed by atoms with Gasteiger partial charge in [-0.1, -0.05) is 0 Å². The van der Waals surface area contributed by atoms with Crippen LogP contribution in [0.5, 0.6) is 0 Å². The van der Waals surface area contributed by atoms with Gasteiger partial charge in [-0.2, -0.15) is 0 Å². The Hall–Kier alpha value is -0.370. The van der Waals surface area contributed by atoms with Crippen LogP contribution in [-0.4, -0.2) is 16.9 Å². The average molecular weight is 185 g/mol. The van der Waals surface area contributed by atoms with E-state index in [2.05, 4.69) is 0 Å². The third kappa shape index (κ3) is 0.506. The first-order valence-corrected chi connectivity index (χ1v) is 4.81. The molecule has 0 saturated heterocycles. The number of ketones is 2. The molecule has 3 aliphatic rings. The minimum atomic E-state index is -0.270. The van der Waals surface area contributed by atoms with Crippen LogP contribution in [0.15, 0.2) is 0 Å². The van der Waals surface area contributed by atoms with E-state index in [4.69, 9.17) is 11.6 Å². The molecule has 0 aromatic rings. The molecule has 0 radical (unpaired) electrons. The summed E-state index contributed by atoms with van der Waals surface area (Å²) in [5.74, 6) is 0.135. The minimum absolute atomic E-state index is 0.0336. The van der Waals surface area contributed by atoms with Crippen LogP contribution < -0.4 is 0 Å². The van der Waals surface area contributed by atoms with Gasteiger partial charge in [-0.05, 0) is 25.2 Å². The Bertz CT molecular complexity index is 299. The Morgan fingerprint density at radius 1 is 1.33 bits per heavy atom. The van der Waals surface area contributed by atoms with E-state index in [9.17, 15) is 9.59 Å². The molecule has 0 aromatic heterocycles. The first-order valence-electron chi connectivity index (χ1n) is 4.38. The van der Waals surface area contributed by atoms with Gasteiger partial charge in [0.25, 0.3) is 0 Å². The molecule has 0 aromatic carbocycles. The van der Waals surface area contributed by atoms with E-state index >= 15 is 0 Å². The van der Waals surface area contributed by atoms with Crippen molar-refractivity contribution in [1.29, 1.82) is 0 Å². The van der Waals surface area contributed by atoms with Crippen LogP contribution in [0.25, 0.3) is 0 Å². The lowest BCUT2D eigenvalue weighted by Crippen LogP contribution is -2.52. The highest BCUT2D eigenvalue weighted by Gasteiger charge is 2.70. The molecule has 2 bridgehead atoms. The number of halogens is 1. The maximum Gasteiger partial charge on any atom is 0.205 e. The van der Waals surface area contributed by atoms with Gasteiger partial charge in [-0.3, -0.25) is 9.59 Å². The second-order valence-electron chi connectivity index (χ2n) is 4.31. The fraction of sp³-hybridized carbons (Fsp3) is 0.778. The molecular weight excluding hydrogens is 176 g/mol. The van der Waals surface area contributed by atoms with E-state index in [1.54, 1.807) is 0 Å². The summed E-state index contributed by atoms with van der Waals surface area (Å²) in [6, 6.07) is 0. The summed E-state index contributed by atoms with van der Waals surface area (Å²) < 4.78 is 0. The molecule has 0 heterocycles. The van der Waals surface area contributed by atoms with Crippen LogP contribution in [0, 0.1) is 17.3 Å². The highest BCUT2D eigenvalue weighted by atomic mass is 35.5. The van der Waals surface area contributed by atoms with Crippen LogP contribution in [0.3, 0.4) is 0 Å². The second-order valence-corrected chi connectivity index (χ2v) is 4.87. The summed E-state index contributed by atoms with van der Waals surface area (Å²) in [6.07, 6.45) is 2.43. The van der Waals surface area contributed by atoms with Crippen LogP contribution in [0.2, 0.25) is 0 Å². The van der Waals surface area contributed by atoms with Crippen molar-refractivity contribution in [1.82, 2.24) is 0 Å². The highest BCUT2D eigenvalue weighted by molar-refractivity contribution is 6.43.